The number of hydrogen-bond donors (Lipinski definition) is 0. The van der Waals surface area contributed by atoms with Crippen molar-refractivity contribution in [1.82, 2.24) is 0 Å². The number of rotatable bonds is 5. The van der Waals surface area contributed by atoms with Crippen molar-refractivity contribution < 1.29 is 28.5 Å². The van der Waals surface area contributed by atoms with E-state index in [1.54, 1.807) is 0 Å². The summed E-state index contributed by atoms with van der Waals surface area (Å²) in [5.41, 5.74) is -0.353. The second-order valence-electron chi connectivity index (χ2n) is 6.60. The molecule has 0 N–H and O–H groups in total. The van der Waals surface area contributed by atoms with E-state index in [2.05, 4.69) is 0 Å². The Bertz CT molecular complexity index is 740. The maximum absolute atomic E-state index is 12.4. The van der Waals surface area contributed by atoms with Crippen molar-refractivity contribution in [3.05, 3.63) is 47.2 Å². The van der Waals surface area contributed by atoms with Crippen LogP contribution in [0.25, 0.3) is 0 Å². The molecule has 6 heteroatoms. The van der Waals surface area contributed by atoms with E-state index >= 15 is 0 Å². The average molecular weight is 360 g/mol. The van der Waals surface area contributed by atoms with Crippen LogP contribution in [0.4, 0.5) is 0 Å². The number of esters is 2. The van der Waals surface area contributed by atoms with E-state index in [0.717, 1.165) is 5.56 Å². The van der Waals surface area contributed by atoms with Crippen LogP contribution in [-0.2, 0) is 34.1 Å². The third-order valence-corrected chi connectivity index (χ3v) is 5.40. The molecule has 3 rings (SSSR count). The zero-order valence-corrected chi connectivity index (χ0v) is 15.5. The summed E-state index contributed by atoms with van der Waals surface area (Å²) >= 11 is 0. The first-order chi connectivity index (χ1) is 12.5. The molecule has 2 heterocycles. The molecule has 0 spiro atoms. The van der Waals surface area contributed by atoms with Crippen LogP contribution in [0.2, 0.25) is 0 Å². The first-order valence-corrected chi connectivity index (χ1v) is 8.80. The quantitative estimate of drug-likeness (QED) is 0.752. The van der Waals surface area contributed by atoms with Crippen molar-refractivity contribution in [2.45, 2.75) is 50.4 Å². The second-order valence-corrected chi connectivity index (χ2v) is 6.60. The normalized spacial score (nSPS) is 29.9. The Balaban J connectivity index is 2.14. The molecule has 0 aromatic heterocycles. The first-order valence-electron chi connectivity index (χ1n) is 8.80. The molecule has 0 unspecified atom stereocenters. The zero-order chi connectivity index (χ0) is 18.9. The van der Waals surface area contributed by atoms with Crippen LogP contribution in [0.1, 0.15) is 38.7 Å². The lowest BCUT2D eigenvalue weighted by Crippen LogP contribution is -2.37. The van der Waals surface area contributed by atoms with Crippen LogP contribution < -0.4 is 0 Å². The van der Waals surface area contributed by atoms with E-state index in [4.69, 9.17) is 18.9 Å². The number of carbonyl (C=O) groups is 2. The van der Waals surface area contributed by atoms with Gasteiger partial charge in [0.05, 0.1) is 14.2 Å². The van der Waals surface area contributed by atoms with Crippen LogP contribution in [0.3, 0.4) is 0 Å². The van der Waals surface area contributed by atoms with Gasteiger partial charge < -0.3 is 18.9 Å². The third-order valence-electron chi connectivity index (χ3n) is 5.40. The number of fused-ring (bicyclic) bond motifs is 1. The van der Waals surface area contributed by atoms with Crippen LogP contribution in [0.5, 0.6) is 0 Å². The number of methoxy groups -OCH3 is 2. The maximum atomic E-state index is 12.4. The van der Waals surface area contributed by atoms with E-state index in [1.807, 2.05) is 44.2 Å². The van der Waals surface area contributed by atoms with Gasteiger partial charge in [-0.05, 0) is 18.4 Å². The highest BCUT2D eigenvalue weighted by molar-refractivity contribution is 5.98. The van der Waals surface area contributed by atoms with E-state index in [1.165, 1.54) is 14.2 Å². The maximum Gasteiger partial charge on any atom is 0.340 e. The third kappa shape index (κ3) is 2.60. The lowest BCUT2D eigenvalue weighted by Gasteiger charge is -2.30. The minimum Gasteiger partial charge on any atom is -0.483 e. The minimum atomic E-state index is -1.13. The van der Waals surface area contributed by atoms with Gasteiger partial charge in [-0.2, -0.15) is 0 Å². The number of benzene rings is 1. The largest absolute Gasteiger partial charge is 0.483 e. The number of ether oxygens (including phenoxy) is 4. The van der Waals surface area contributed by atoms with Crippen LogP contribution >= 0.6 is 0 Å². The summed E-state index contributed by atoms with van der Waals surface area (Å²) in [7, 11) is 2.54. The van der Waals surface area contributed by atoms with Gasteiger partial charge in [0.1, 0.15) is 22.5 Å². The predicted octanol–water partition coefficient (Wildman–Crippen LogP) is 2.86. The molecule has 2 aliphatic heterocycles. The zero-order valence-electron chi connectivity index (χ0n) is 15.5. The van der Waals surface area contributed by atoms with E-state index in [9.17, 15) is 9.59 Å². The van der Waals surface area contributed by atoms with Gasteiger partial charge >= 0.3 is 11.9 Å². The van der Waals surface area contributed by atoms with Crippen molar-refractivity contribution in [2.75, 3.05) is 14.2 Å². The molecule has 0 bridgehead atoms. The van der Waals surface area contributed by atoms with Gasteiger partial charge in [0, 0.05) is 6.42 Å². The number of hydrogen-bond acceptors (Lipinski definition) is 6. The summed E-state index contributed by atoms with van der Waals surface area (Å²) in [4.78, 5) is 24.6. The summed E-state index contributed by atoms with van der Waals surface area (Å²) in [5.74, 6) is -0.871. The van der Waals surface area contributed by atoms with Gasteiger partial charge in [0.2, 0.25) is 0 Å². The van der Waals surface area contributed by atoms with Gasteiger partial charge in [0.25, 0.3) is 0 Å². The Labute approximate surface area is 153 Å². The van der Waals surface area contributed by atoms with E-state index in [0.29, 0.717) is 25.0 Å². The lowest BCUT2D eigenvalue weighted by atomic mass is 9.81. The van der Waals surface area contributed by atoms with Crippen LogP contribution in [0.15, 0.2) is 41.7 Å². The molecule has 140 valence electrons. The van der Waals surface area contributed by atoms with Crippen molar-refractivity contribution in [3.63, 3.8) is 0 Å². The van der Waals surface area contributed by atoms with Crippen LogP contribution in [0, 0.1) is 0 Å². The molecule has 6 nitrogen and oxygen atoms in total. The Hall–Kier alpha value is -2.34. The fourth-order valence-electron chi connectivity index (χ4n) is 3.92. The molecule has 2 aliphatic rings. The van der Waals surface area contributed by atoms with Gasteiger partial charge in [-0.25, -0.2) is 9.59 Å². The van der Waals surface area contributed by atoms with E-state index in [-0.39, 0.29) is 5.57 Å². The van der Waals surface area contributed by atoms with Gasteiger partial charge in [-0.3, -0.25) is 0 Å². The molecule has 1 aromatic carbocycles. The van der Waals surface area contributed by atoms with Crippen molar-refractivity contribution in [3.8, 4) is 0 Å². The van der Waals surface area contributed by atoms with Gasteiger partial charge in [-0.1, -0.05) is 44.2 Å². The molecule has 0 amide bonds. The highest BCUT2D eigenvalue weighted by Gasteiger charge is 2.62. The summed E-state index contributed by atoms with van der Waals surface area (Å²) in [5, 5.41) is 0. The Morgan fingerprint density at radius 2 is 1.73 bits per heavy atom. The topological polar surface area (TPSA) is 71.1 Å². The highest BCUT2D eigenvalue weighted by atomic mass is 16.6. The molecule has 1 saturated heterocycles. The van der Waals surface area contributed by atoms with Crippen molar-refractivity contribution >= 4 is 11.9 Å². The molecule has 0 radical (unpaired) electrons. The molecule has 0 aliphatic carbocycles. The molecule has 1 aromatic rings. The Morgan fingerprint density at radius 1 is 1.08 bits per heavy atom. The molecule has 1 fully saturated rings. The predicted molar refractivity (Wildman–Crippen MR) is 93.1 cm³/mol. The monoisotopic (exact) mass is 360 g/mol. The summed E-state index contributed by atoms with van der Waals surface area (Å²) < 4.78 is 22.2. The van der Waals surface area contributed by atoms with E-state index < -0.39 is 29.2 Å². The molecule has 0 saturated carbocycles. The first kappa shape index (κ1) is 18.5. The van der Waals surface area contributed by atoms with Gasteiger partial charge in [0.15, 0.2) is 6.10 Å². The fourth-order valence-corrected chi connectivity index (χ4v) is 3.92. The van der Waals surface area contributed by atoms with Crippen molar-refractivity contribution in [2.24, 2.45) is 0 Å². The highest BCUT2D eigenvalue weighted by Crippen LogP contribution is 2.57. The summed E-state index contributed by atoms with van der Waals surface area (Å²) in [6.45, 7) is 3.99. The standard InChI is InChI=1S/C20H24O6/c1-5-19(13-10-8-7-9-11-13)12-20(6-2)16(26-19)14(17(21)23-3)15(25-20)18(22)24-4/h7-11,15H,5-6,12H2,1-4H3/t15-,19+,20+/m1/s1. The van der Waals surface area contributed by atoms with Crippen LogP contribution in [-0.4, -0.2) is 37.9 Å². The van der Waals surface area contributed by atoms with Gasteiger partial charge in [-0.15, -0.1) is 0 Å². The minimum absolute atomic E-state index is 0.104. The Morgan fingerprint density at radius 3 is 2.27 bits per heavy atom. The average Bonchev–Trinajstić information content (AvgIpc) is 3.18. The SMILES string of the molecule is CC[C@]12C[C@@](CC)(c3ccccc3)OC1=C(C(=O)OC)[C@H](C(=O)OC)O2. The second kappa shape index (κ2) is 6.76. The van der Waals surface area contributed by atoms with Crippen molar-refractivity contribution in [1.29, 1.82) is 0 Å². The molecule has 26 heavy (non-hydrogen) atoms. The number of carbonyl (C=O) groups excluding carboxylic acids is 2. The Kier molecular flexibility index (Phi) is 4.80. The lowest BCUT2D eigenvalue weighted by molar-refractivity contribution is -0.159. The molecular weight excluding hydrogens is 336 g/mol. The smallest absolute Gasteiger partial charge is 0.340 e. The molecular formula is C20H24O6. The molecule has 3 atom stereocenters. The summed E-state index contributed by atoms with van der Waals surface area (Å²) in [6.07, 6.45) is 0.641. The summed E-state index contributed by atoms with van der Waals surface area (Å²) in [6, 6.07) is 9.86. The fraction of sp³-hybridized carbons (Fsp3) is 0.500.